The van der Waals surface area contributed by atoms with Gasteiger partial charge in [0.15, 0.2) is 4.90 Å². The van der Waals surface area contributed by atoms with Gasteiger partial charge in [-0.15, -0.1) is 6.58 Å². The van der Waals surface area contributed by atoms with E-state index in [0.717, 1.165) is 54.8 Å². The number of hydrogen-bond acceptors (Lipinski definition) is 7. The van der Waals surface area contributed by atoms with Gasteiger partial charge in [-0.25, -0.2) is 16.8 Å². The van der Waals surface area contributed by atoms with Crippen LogP contribution in [0.15, 0.2) is 95.5 Å². The molecule has 0 saturated heterocycles. The van der Waals surface area contributed by atoms with Gasteiger partial charge in [0, 0.05) is 38.7 Å². The van der Waals surface area contributed by atoms with Crippen LogP contribution >= 0.6 is 0 Å². The van der Waals surface area contributed by atoms with Crippen LogP contribution in [-0.4, -0.2) is 111 Å². The molecule has 0 unspecified atom stereocenters. The van der Waals surface area contributed by atoms with E-state index >= 15 is 0 Å². The first-order chi connectivity index (χ1) is 27.8. The molecule has 0 aliphatic carbocycles. The number of rotatable bonds is 23. The molecule has 2 rings (SSSR count). The van der Waals surface area contributed by atoms with Crippen LogP contribution in [0.5, 0.6) is 0 Å². The van der Waals surface area contributed by atoms with Crippen molar-refractivity contribution in [3.8, 4) is 0 Å². The minimum atomic E-state index is -8.84. The van der Waals surface area contributed by atoms with E-state index in [1.165, 1.54) is 19.1 Å². The monoisotopic (exact) mass is 967 g/mol. The largest absolute Gasteiger partial charge is 0.497 e. The number of nitro benzene ring substituents is 1. The first kappa shape index (κ1) is 53.6. The molecule has 0 aliphatic heterocycles. The lowest BCUT2D eigenvalue weighted by Crippen LogP contribution is -2.74. The summed E-state index contributed by atoms with van der Waals surface area (Å²) in [4.78, 5) is 8.81. The van der Waals surface area contributed by atoms with Gasteiger partial charge in [-0.3, -0.25) is 10.1 Å². The predicted molar refractivity (Wildman–Crippen MR) is 182 cm³/mol. The second-order valence-corrected chi connectivity index (χ2v) is 16.7. The Kier molecular flexibility index (Phi) is 15.8. The lowest BCUT2D eigenvalue weighted by atomic mass is 9.88. The van der Waals surface area contributed by atoms with Crippen molar-refractivity contribution < 1.29 is 101 Å². The van der Waals surface area contributed by atoms with E-state index in [0.29, 0.717) is 9.87 Å². The van der Waals surface area contributed by atoms with Crippen LogP contribution in [0.25, 0.3) is 0 Å². The van der Waals surface area contributed by atoms with Crippen molar-refractivity contribution in [2.75, 3.05) is 32.8 Å². The van der Waals surface area contributed by atoms with E-state index in [-0.39, 0.29) is 4.31 Å². The van der Waals surface area contributed by atoms with Crippen molar-refractivity contribution in [1.29, 1.82) is 0 Å². The molecule has 0 bridgehead atoms. The number of nitro groups is 1. The van der Waals surface area contributed by atoms with Crippen LogP contribution in [0.2, 0.25) is 0 Å². The number of sulfonamides is 2. The molecule has 0 radical (unpaired) electrons. The van der Waals surface area contributed by atoms with Crippen LogP contribution in [0.4, 0.5) is 80.3 Å². The van der Waals surface area contributed by atoms with Gasteiger partial charge in [-0.2, -0.15) is 83.2 Å². The van der Waals surface area contributed by atoms with Gasteiger partial charge in [0.1, 0.15) is 6.61 Å². The van der Waals surface area contributed by atoms with Gasteiger partial charge in [0.05, 0.1) is 16.1 Å². The first-order valence-corrected chi connectivity index (χ1v) is 19.3. The summed E-state index contributed by atoms with van der Waals surface area (Å²) in [6, 6.07) is 7.93. The van der Waals surface area contributed by atoms with Crippen LogP contribution in [0.3, 0.4) is 0 Å². The Hall–Kier alpha value is -4.51. The number of nitrogens with zero attached hydrogens (tertiary/aromatic N) is 3. The van der Waals surface area contributed by atoms with Gasteiger partial charge in [-0.05, 0) is 36.8 Å². The van der Waals surface area contributed by atoms with E-state index in [1.807, 2.05) is 0 Å². The predicted octanol–water partition coefficient (Wildman–Crippen LogP) is 9.26. The summed E-state index contributed by atoms with van der Waals surface area (Å²) in [5.41, 5.74) is -0.985. The van der Waals surface area contributed by atoms with Crippen molar-refractivity contribution in [3.63, 3.8) is 0 Å². The molecule has 0 amide bonds. The molecule has 0 saturated carbocycles. The summed E-state index contributed by atoms with van der Waals surface area (Å²) < 4.78 is 293. The third-order valence-corrected chi connectivity index (χ3v) is 12.1. The summed E-state index contributed by atoms with van der Waals surface area (Å²) in [5, 5.41) is 11.4. The van der Waals surface area contributed by atoms with E-state index in [9.17, 15) is 102 Å². The average Bonchev–Trinajstić information content (AvgIpc) is 3.14. The van der Waals surface area contributed by atoms with Crippen LogP contribution in [0, 0.1) is 17.0 Å². The summed E-state index contributed by atoms with van der Waals surface area (Å²) >= 11 is 0. The highest BCUT2D eigenvalue weighted by molar-refractivity contribution is 7.89. The highest BCUT2D eigenvalue weighted by atomic mass is 32.2. The van der Waals surface area contributed by atoms with Crippen molar-refractivity contribution >= 4 is 25.7 Å². The van der Waals surface area contributed by atoms with E-state index < -0.39 is 133 Å². The Morgan fingerprint density at radius 3 is 1.68 bits per heavy atom. The van der Waals surface area contributed by atoms with Crippen LogP contribution in [-0.2, 0) is 24.8 Å². The lowest BCUT2D eigenvalue weighted by molar-refractivity contribution is -0.461. The molecule has 0 N–H and O–H groups in total. The SMILES string of the molecule is C=CCN(C/C=C\OCC(=C)CN(CCC(F)(F)C(F)(F)C(F)(F)C(F)(F)C(F)(F)C(F)(F)C(F)(F)C(F)(F)F)S(=O)(=O)c1ccc(C)cc1)S(=O)(=O)c1ccccc1[N+](=O)[O-]. The molecule has 0 spiro atoms. The Morgan fingerprint density at radius 2 is 1.19 bits per heavy atom. The molecular weight excluding hydrogens is 937 g/mol. The van der Waals surface area contributed by atoms with E-state index in [4.69, 9.17) is 4.74 Å². The van der Waals surface area contributed by atoms with Gasteiger partial charge < -0.3 is 4.74 Å². The highest BCUT2D eigenvalue weighted by Gasteiger charge is 2.95. The Balaban J connectivity index is 2.42. The summed E-state index contributed by atoms with van der Waals surface area (Å²) in [5.74, 6) is -58.2. The van der Waals surface area contributed by atoms with Gasteiger partial charge in [0.25, 0.3) is 5.69 Å². The summed E-state index contributed by atoms with van der Waals surface area (Å²) in [6.45, 7) is 2.71. The molecular formula is C33H30F17N3O7S2. The molecule has 29 heteroatoms. The second kappa shape index (κ2) is 18.3. The fourth-order valence-corrected chi connectivity index (χ4v) is 7.81. The van der Waals surface area contributed by atoms with Gasteiger partial charge in [0.2, 0.25) is 20.0 Å². The number of ether oxygens (including phenoxy) is 1. The zero-order valence-corrected chi connectivity index (χ0v) is 32.6. The molecule has 0 heterocycles. The van der Waals surface area contributed by atoms with Crippen molar-refractivity contribution in [1.82, 2.24) is 8.61 Å². The maximum absolute atomic E-state index is 14.9. The molecule has 2 aromatic rings. The Bertz CT molecular complexity index is 2200. The molecule has 0 fully saturated rings. The summed E-state index contributed by atoms with van der Waals surface area (Å²) in [7, 11) is -9.88. The van der Waals surface area contributed by atoms with Crippen molar-refractivity contribution in [2.24, 2.45) is 0 Å². The number of benzene rings is 2. The van der Waals surface area contributed by atoms with Gasteiger partial charge in [-0.1, -0.05) is 42.5 Å². The van der Waals surface area contributed by atoms with Crippen molar-refractivity contribution in [3.05, 3.63) is 101 Å². The smallest absolute Gasteiger partial charge is 0.460 e. The minimum Gasteiger partial charge on any atom is -0.497 e. The van der Waals surface area contributed by atoms with Gasteiger partial charge >= 0.3 is 47.6 Å². The van der Waals surface area contributed by atoms with E-state index in [2.05, 4.69) is 13.2 Å². The zero-order chi connectivity index (χ0) is 48.3. The third-order valence-electron chi connectivity index (χ3n) is 8.32. The van der Waals surface area contributed by atoms with E-state index in [1.54, 1.807) is 0 Å². The molecule has 0 atom stereocenters. The average molecular weight is 968 g/mol. The molecule has 0 aliphatic rings. The lowest BCUT2D eigenvalue weighted by Gasteiger charge is -2.43. The Morgan fingerprint density at radius 1 is 0.710 bits per heavy atom. The van der Waals surface area contributed by atoms with Crippen LogP contribution in [0.1, 0.15) is 12.0 Å². The quantitative estimate of drug-likeness (QED) is 0.0357. The molecule has 0 aromatic heterocycles. The fourth-order valence-electron chi connectivity index (χ4n) is 4.83. The molecule has 62 heavy (non-hydrogen) atoms. The maximum atomic E-state index is 14.9. The number of aryl methyl sites for hydroxylation is 1. The topological polar surface area (TPSA) is 127 Å². The number of halogens is 17. The number of para-hydroxylation sites is 1. The first-order valence-electron chi connectivity index (χ1n) is 16.4. The zero-order valence-electron chi connectivity index (χ0n) is 30.9. The maximum Gasteiger partial charge on any atom is 0.460 e. The van der Waals surface area contributed by atoms with Crippen LogP contribution < -0.4 is 0 Å². The Labute approximate surface area is 340 Å². The third kappa shape index (κ3) is 9.98. The molecule has 350 valence electrons. The molecule has 2 aromatic carbocycles. The standard InChI is InChI=1S/C33H30F17N3O7S2/c1-4-15-51(62(58,59)25-9-6-5-8-24(25)53(54)55)16-7-18-60-20-22(3)19-52(61(56,57)23-12-10-21(2)11-13-23)17-14-26(34,35)27(36,37)28(38,39)29(40,41)30(42,43)31(44,45)32(46,47)33(48,49)50/h4-13,18H,1,3,14-17,19-20H2,2H3/b18-7-. The normalized spacial score (nSPS) is 14.5. The minimum absolute atomic E-state index is 0.245. The van der Waals surface area contributed by atoms with Crippen molar-refractivity contribution in [2.45, 2.75) is 70.8 Å². The number of hydrogen-bond donors (Lipinski definition) is 0. The number of alkyl halides is 17. The second-order valence-electron chi connectivity index (χ2n) is 12.8. The molecule has 10 nitrogen and oxygen atoms in total. The summed E-state index contributed by atoms with van der Waals surface area (Å²) in [6.07, 6.45) is -8.22. The fraction of sp³-hybridized carbons (Fsp3) is 0.455. The highest BCUT2D eigenvalue weighted by Crippen LogP contribution is 2.64.